The number of phenolic OH excluding ortho intramolecular Hbond substituents is 1. The van der Waals surface area contributed by atoms with E-state index in [-0.39, 0.29) is 24.0 Å². The van der Waals surface area contributed by atoms with E-state index >= 15 is 0 Å². The molecule has 3 aromatic carbocycles. The molecule has 1 fully saturated rings. The number of amidine groups is 1. The summed E-state index contributed by atoms with van der Waals surface area (Å²) in [4.78, 5) is 27.2. The summed E-state index contributed by atoms with van der Waals surface area (Å²) >= 11 is 4.54. The van der Waals surface area contributed by atoms with Crippen molar-refractivity contribution in [2.75, 3.05) is 10.2 Å². The Kier molecular flexibility index (Phi) is 7.21. The summed E-state index contributed by atoms with van der Waals surface area (Å²) in [5, 5.41) is 20.5. The molecule has 166 valence electrons. The van der Waals surface area contributed by atoms with Crippen molar-refractivity contribution in [3.8, 4) is 5.75 Å². The number of amides is 2. The molecule has 0 aliphatic carbocycles. The number of thioether (sulfide) groups is 1. The van der Waals surface area contributed by atoms with Gasteiger partial charge in [-0.15, -0.1) is 5.10 Å². The molecule has 4 rings (SSSR count). The number of nitrogens with zero attached hydrogens (tertiary/aromatic N) is 3. The molecular weight excluding hydrogens is 504 g/mol. The highest BCUT2D eigenvalue weighted by Crippen LogP contribution is 2.34. The van der Waals surface area contributed by atoms with E-state index in [0.29, 0.717) is 16.5 Å². The third kappa shape index (κ3) is 5.88. The lowest BCUT2D eigenvalue weighted by atomic mass is 10.2. The number of hydrogen-bond acceptors (Lipinski definition) is 6. The standard InChI is InChI=1S/C24H19BrN4O3S/c25-17-6-8-18(9-7-17)27-22(31)14-21-23(32)29(19-10-12-20(30)13-11-19)24(33-21)28-26-15-16-4-2-1-3-5-16/h1-13,15,21,30H,14H2,(H,27,31)/b26-15+,28-24-. The summed E-state index contributed by atoms with van der Waals surface area (Å²) in [6.45, 7) is 0. The number of benzene rings is 3. The molecule has 1 aliphatic heterocycles. The number of halogens is 1. The summed E-state index contributed by atoms with van der Waals surface area (Å²) in [6, 6.07) is 22.9. The highest BCUT2D eigenvalue weighted by atomic mass is 79.9. The van der Waals surface area contributed by atoms with Gasteiger partial charge in [0.2, 0.25) is 11.8 Å². The number of aromatic hydroxyl groups is 1. The van der Waals surface area contributed by atoms with Crippen LogP contribution in [0.2, 0.25) is 0 Å². The van der Waals surface area contributed by atoms with Crippen LogP contribution in [0.25, 0.3) is 0 Å². The van der Waals surface area contributed by atoms with Gasteiger partial charge in [-0.25, -0.2) is 0 Å². The fraction of sp³-hybridized carbons (Fsp3) is 0.0833. The van der Waals surface area contributed by atoms with E-state index in [1.807, 2.05) is 42.5 Å². The van der Waals surface area contributed by atoms with Crippen LogP contribution in [0.15, 0.2) is 93.5 Å². The van der Waals surface area contributed by atoms with E-state index < -0.39 is 5.25 Å². The van der Waals surface area contributed by atoms with E-state index in [1.165, 1.54) is 28.8 Å². The van der Waals surface area contributed by atoms with Crippen LogP contribution in [-0.4, -0.2) is 33.6 Å². The summed E-state index contributed by atoms with van der Waals surface area (Å²) in [5.74, 6) is -0.461. The minimum Gasteiger partial charge on any atom is -0.508 e. The van der Waals surface area contributed by atoms with Gasteiger partial charge in [-0.05, 0) is 54.1 Å². The third-order valence-corrected chi connectivity index (χ3v) is 6.35. The zero-order valence-corrected chi connectivity index (χ0v) is 19.7. The van der Waals surface area contributed by atoms with E-state index in [1.54, 1.807) is 30.5 Å². The van der Waals surface area contributed by atoms with E-state index in [0.717, 1.165) is 10.0 Å². The van der Waals surface area contributed by atoms with Crippen LogP contribution in [0.5, 0.6) is 5.75 Å². The van der Waals surface area contributed by atoms with Gasteiger partial charge < -0.3 is 10.4 Å². The first-order chi connectivity index (χ1) is 16.0. The number of carbonyl (C=O) groups is 2. The predicted octanol–water partition coefficient (Wildman–Crippen LogP) is 5.02. The Balaban J connectivity index is 1.53. The van der Waals surface area contributed by atoms with Gasteiger partial charge in [0.25, 0.3) is 0 Å². The van der Waals surface area contributed by atoms with Gasteiger partial charge in [-0.2, -0.15) is 5.10 Å². The van der Waals surface area contributed by atoms with Gasteiger partial charge in [-0.3, -0.25) is 14.5 Å². The van der Waals surface area contributed by atoms with Crippen molar-refractivity contribution in [2.24, 2.45) is 10.2 Å². The molecule has 1 heterocycles. The second-order valence-corrected chi connectivity index (χ2v) is 9.18. The molecule has 2 N–H and O–H groups in total. The molecular formula is C24H19BrN4O3S. The molecule has 7 nitrogen and oxygen atoms in total. The van der Waals surface area contributed by atoms with Crippen LogP contribution in [0.3, 0.4) is 0 Å². The number of phenols is 1. The molecule has 0 bridgehead atoms. The van der Waals surface area contributed by atoms with Crippen LogP contribution >= 0.6 is 27.7 Å². The molecule has 0 spiro atoms. The Labute approximate surface area is 203 Å². The molecule has 1 atom stereocenters. The molecule has 33 heavy (non-hydrogen) atoms. The Bertz CT molecular complexity index is 1200. The highest BCUT2D eigenvalue weighted by Gasteiger charge is 2.40. The summed E-state index contributed by atoms with van der Waals surface area (Å²) in [6.07, 6.45) is 1.58. The molecule has 0 saturated carbocycles. The second-order valence-electron chi connectivity index (χ2n) is 7.09. The fourth-order valence-corrected chi connectivity index (χ4v) is 4.46. The van der Waals surface area contributed by atoms with Crippen LogP contribution in [0.1, 0.15) is 12.0 Å². The SMILES string of the molecule is O=C(CC1S/C(=N\N=C\c2ccccc2)N(c2ccc(O)cc2)C1=O)Nc1ccc(Br)cc1. The molecule has 1 unspecified atom stereocenters. The number of anilines is 2. The van der Waals surface area contributed by atoms with Crippen molar-refractivity contribution in [3.63, 3.8) is 0 Å². The first-order valence-electron chi connectivity index (χ1n) is 10.0. The largest absolute Gasteiger partial charge is 0.508 e. The predicted molar refractivity (Wildman–Crippen MR) is 136 cm³/mol. The van der Waals surface area contributed by atoms with Gasteiger partial charge in [0.15, 0.2) is 5.17 Å². The lowest BCUT2D eigenvalue weighted by Crippen LogP contribution is -2.33. The topological polar surface area (TPSA) is 94.4 Å². The molecule has 1 aliphatic rings. The first kappa shape index (κ1) is 22.8. The van der Waals surface area contributed by atoms with Gasteiger partial charge >= 0.3 is 0 Å². The number of hydrogen-bond donors (Lipinski definition) is 2. The monoisotopic (exact) mass is 522 g/mol. The lowest BCUT2D eigenvalue weighted by Gasteiger charge is -2.15. The van der Waals surface area contributed by atoms with Gasteiger partial charge in [0, 0.05) is 16.6 Å². The van der Waals surface area contributed by atoms with Gasteiger partial charge in [-0.1, -0.05) is 58.0 Å². The maximum Gasteiger partial charge on any atom is 0.247 e. The molecule has 1 saturated heterocycles. The minimum absolute atomic E-state index is 0.0183. The minimum atomic E-state index is -0.653. The van der Waals surface area contributed by atoms with Crippen LogP contribution in [-0.2, 0) is 9.59 Å². The molecule has 9 heteroatoms. The van der Waals surface area contributed by atoms with Gasteiger partial charge in [0.05, 0.1) is 11.9 Å². The summed E-state index contributed by atoms with van der Waals surface area (Å²) in [5.41, 5.74) is 2.06. The Morgan fingerprint density at radius 1 is 1.06 bits per heavy atom. The van der Waals surface area contributed by atoms with Crippen molar-refractivity contribution >= 4 is 62.3 Å². The average Bonchev–Trinajstić information content (AvgIpc) is 3.11. The normalized spacial score (nSPS) is 17.1. The van der Waals surface area contributed by atoms with Crippen molar-refractivity contribution in [2.45, 2.75) is 11.7 Å². The lowest BCUT2D eigenvalue weighted by molar-refractivity contribution is -0.121. The zero-order chi connectivity index (χ0) is 23.2. The molecule has 0 radical (unpaired) electrons. The van der Waals surface area contributed by atoms with Crippen LogP contribution in [0.4, 0.5) is 11.4 Å². The molecule has 3 aromatic rings. The Morgan fingerprint density at radius 2 is 1.76 bits per heavy atom. The first-order valence-corrected chi connectivity index (χ1v) is 11.7. The Morgan fingerprint density at radius 3 is 2.45 bits per heavy atom. The third-order valence-electron chi connectivity index (χ3n) is 4.69. The number of carbonyl (C=O) groups excluding carboxylic acids is 2. The maximum absolute atomic E-state index is 13.2. The Hall–Kier alpha value is -3.43. The fourth-order valence-electron chi connectivity index (χ4n) is 3.10. The quantitative estimate of drug-likeness (QED) is 0.351. The second kappa shape index (κ2) is 10.5. The summed E-state index contributed by atoms with van der Waals surface area (Å²) < 4.78 is 0.906. The van der Waals surface area contributed by atoms with Crippen molar-refractivity contribution in [1.29, 1.82) is 0 Å². The molecule has 0 aromatic heterocycles. The number of rotatable bonds is 6. The van der Waals surface area contributed by atoms with E-state index in [2.05, 4.69) is 31.4 Å². The van der Waals surface area contributed by atoms with Crippen molar-refractivity contribution in [3.05, 3.63) is 88.9 Å². The van der Waals surface area contributed by atoms with Gasteiger partial charge in [0.1, 0.15) is 11.0 Å². The number of nitrogens with one attached hydrogen (secondary N) is 1. The van der Waals surface area contributed by atoms with Crippen molar-refractivity contribution < 1.29 is 14.7 Å². The highest BCUT2D eigenvalue weighted by molar-refractivity contribution is 9.10. The molecule has 2 amide bonds. The van der Waals surface area contributed by atoms with Crippen molar-refractivity contribution in [1.82, 2.24) is 0 Å². The van der Waals surface area contributed by atoms with Crippen LogP contribution < -0.4 is 10.2 Å². The zero-order valence-electron chi connectivity index (χ0n) is 17.3. The smallest absolute Gasteiger partial charge is 0.247 e. The average molecular weight is 523 g/mol. The van der Waals surface area contributed by atoms with Crippen LogP contribution in [0, 0.1) is 0 Å². The van der Waals surface area contributed by atoms with E-state index in [9.17, 15) is 14.7 Å². The summed E-state index contributed by atoms with van der Waals surface area (Å²) in [7, 11) is 0. The maximum atomic E-state index is 13.2. The van der Waals surface area contributed by atoms with E-state index in [4.69, 9.17) is 0 Å².